The first-order valence-corrected chi connectivity index (χ1v) is 7.50. The van der Waals surface area contributed by atoms with Crippen LogP contribution in [-0.2, 0) is 17.6 Å². The van der Waals surface area contributed by atoms with Crippen molar-refractivity contribution >= 4 is 17.2 Å². The lowest BCUT2D eigenvalue weighted by molar-refractivity contribution is -0.121. The van der Waals surface area contributed by atoms with Gasteiger partial charge in [0.25, 0.3) is 0 Å². The predicted molar refractivity (Wildman–Crippen MR) is 82.3 cm³/mol. The highest BCUT2D eigenvalue weighted by molar-refractivity contribution is 7.09. The van der Waals surface area contributed by atoms with Crippen LogP contribution in [0.5, 0.6) is 5.75 Å². The first-order valence-electron chi connectivity index (χ1n) is 6.62. The van der Waals surface area contributed by atoms with Gasteiger partial charge in [0.15, 0.2) is 0 Å². The maximum absolute atomic E-state index is 12.0. The van der Waals surface area contributed by atoms with Crippen LogP contribution in [0.4, 0.5) is 0 Å². The molecule has 1 aromatic carbocycles. The van der Waals surface area contributed by atoms with Gasteiger partial charge in [0, 0.05) is 17.3 Å². The van der Waals surface area contributed by atoms with Gasteiger partial charge in [-0.3, -0.25) is 4.79 Å². The summed E-state index contributed by atoms with van der Waals surface area (Å²) in [6.07, 6.45) is 1.26. The van der Waals surface area contributed by atoms with Crippen LogP contribution in [0.1, 0.15) is 17.4 Å². The number of methoxy groups -OCH3 is 1. The van der Waals surface area contributed by atoms with Crippen LogP contribution >= 0.6 is 11.3 Å². The number of carbonyl (C=O) groups is 1. The second kappa shape index (κ2) is 7.10. The van der Waals surface area contributed by atoms with Crippen LogP contribution in [-0.4, -0.2) is 19.1 Å². The van der Waals surface area contributed by atoms with E-state index in [9.17, 15) is 4.79 Å². The van der Waals surface area contributed by atoms with Gasteiger partial charge in [-0.05, 0) is 36.1 Å². The molecule has 0 spiro atoms. The summed E-state index contributed by atoms with van der Waals surface area (Å²) in [7, 11) is 1.63. The van der Waals surface area contributed by atoms with Gasteiger partial charge in [-0.25, -0.2) is 0 Å². The Hall–Kier alpha value is -1.81. The zero-order chi connectivity index (χ0) is 14.4. The van der Waals surface area contributed by atoms with Gasteiger partial charge in [0.05, 0.1) is 13.5 Å². The molecule has 0 saturated carbocycles. The van der Waals surface area contributed by atoms with E-state index in [1.165, 1.54) is 4.88 Å². The standard InChI is InChI=1S/C16H19NO2S/c1-12(9-15-7-4-8-20-15)17-16(18)11-13-5-3-6-14(10-13)19-2/h3-8,10,12H,9,11H2,1-2H3,(H,17,18)/t12-/m1/s1. The van der Waals surface area contributed by atoms with Gasteiger partial charge in [0.2, 0.25) is 5.91 Å². The minimum Gasteiger partial charge on any atom is -0.497 e. The van der Waals surface area contributed by atoms with Gasteiger partial charge < -0.3 is 10.1 Å². The molecule has 2 rings (SSSR count). The van der Waals surface area contributed by atoms with Crippen molar-refractivity contribution in [2.45, 2.75) is 25.8 Å². The largest absolute Gasteiger partial charge is 0.497 e. The zero-order valence-electron chi connectivity index (χ0n) is 11.8. The Morgan fingerprint density at radius 1 is 1.35 bits per heavy atom. The lowest BCUT2D eigenvalue weighted by Gasteiger charge is -2.13. The van der Waals surface area contributed by atoms with Crippen LogP contribution in [0.2, 0.25) is 0 Å². The van der Waals surface area contributed by atoms with E-state index >= 15 is 0 Å². The quantitative estimate of drug-likeness (QED) is 0.887. The molecule has 0 radical (unpaired) electrons. The van der Waals surface area contributed by atoms with E-state index in [1.807, 2.05) is 37.3 Å². The Morgan fingerprint density at radius 3 is 2.90 bits per heavy atom. The summed E-state index contributed by atoms with van der Waals surface area (Å²) >= 11 is 1.72. The first kappa shape index (κ1) is 14.6. The van der Waals surface area contributed by atoms with Gasteiger partial charge in [-0.1, -0.05) is 18.2 Å². The molecule has 4 heteroatoms. The normalized spacial score (nSPS) is 11.9. The van der Waals surface area contributed by atoms with Gasteiger partial charge in [-0.15, -0.1) is 11.3 Å². The van der Waals surface area contributed by atoms with Crippen molar-refractivity contribution in [3.05, 3.63) is 52.2 Å². The molecule has 0 bridgehead atoms. The second-order valence-electron chi connectivity index (χ2n) is 4.78. The van der Waals surface area contributed by atoms with Crippen molar-refractivity contribution < 1.29 is 9.53 Å². The molecule has 1 atom stereocenters. The highest BCUT2D eigenvalue weighted by Gasteiger charge is 2.09. The third-order valence-corrected chi connectivity index (χ3v) is 3.89. The molecule has 0 aliphatic carbocycles. The number of carbonyl (C=O) groups excluding carboxylic acids is 1. The van der Waals surface area contributed by atoms with Gasteiger partial charge in [0.1, 0.15) is 5.75 Å². The van der Waals surface area contributed by atoms with Crippen molar-refractivity contribution in [1.29, 1.82) is 0 Å². The highest BCUT2D eigenvalue weighted by atomic mass is 32.1. The van der Waals surface area contributed by atoms with Crippen molar-refractivity contribution in [2.24, 2.45) is 0 Å². The van der Waals surface area contributed by atoms with Crippen molar-refractivity contribution in [3.8, 4) is 5.75 Å². The predicted octanol–water partition coefficient (Wildman–Crippen LogP) is 3.05. The number of benzene rings is 1. The highest BCUT2D eigenvalue weighted by Crippen LogP contribution is 2.13. The molecule has 20 heavy (non-hydrogen) atoms. The molecular formula is C16H19NO2S. The Balaban J connectivity index is 1.85. The fourth-order valence-electron chi connectivity index (χ4n) is 2.08. The van der Waals surface area contributed by atoms with Crippen molar-refractivity contribution in [1.82, 2.24) is 5.32 Å². The first-order chi connectivity index (χ1) is 9.67. The summed E-state index contributed by atoms with van der Waals surface area (Å²) in [5.41, 5.74) is 0.963. The molecule has 1 aromatic heterocycles. The Labute approximate surface area is 123 Å². The van der Waals surface area contributed by atoms with Crippen LogP contribution in [0.25, 0.3) is 0 Å². The van der Waals surface area contributed by atoms with Gasteiger partial charge in [-0.2, -0.15) is 0 Å². The number of amides is 1. The minimum absolute atomic E-state index is 0.0438. The average Bonchev–Trinajstić information content (AvgIpc) is 2.91. The fourth-order valence-corrected chi connectivity index (χ4v) is 2.91. The molecular weight excluding hydrogens is 270 g/mol. The summed E-state index contributed by atoms with van der Waals surface area (Å²) in [5, 5.41) is 5.09. The molecule has 1 N–H and O–H groups in total. The third-order valence-electron chi connectivity index (χ3n) is 2.99. The number of ether oxygens (including phenoxy) is 1. The van der Waals surface area contributed by atoms with E-state index in [1.54, 1.807) is 18.4 Å². The summed E-state index contributed by atoms with van der Waals surface area (Å²) in [4.78, 5) is 13.3. The van der Waals surface area contributed by atoms with Crippen molar-refractivity contribution in [3.63, 3.8) is 0 Å². The monoisotopic (exact) mass is 289 g/mol. The van der Waals surface area contributed by atoms with Crippen LogP contribution < -0.4 is 10.1 Å². The smallest absolute Gasteiger partial charge is 0.224 e. The molecule has 0 fully saturated rings. The number of rotatable bonds is 6. The Bertz CT molecular complexity index is 551. The van der Waals surface area contributed by atoms with Crippen LogP contribution in [0.3, 0.4) is 0 Å². The van der Waals surface area contributed by atoms with Crippen molar-refractivity contribution in [2.75, 3.05) is 7.11 Å². The lowest BCUT2D eigenvalue weighted by atomic mass is 10.1. The van der Waals surface area contributed by atoms with Crippen LogP contribution in [0.15, 0.2) is 41.8 Å². The number of nitrogens with one attached hydrogen (secondary N) is 1. The van der Waals surface area contributed by atoms with E-state index in [0.29, 0.717) is 6.42 Å². The fraction of sp³-hybridized carbons (Fsp3) is 0.312. The van der Waals surface area contributed by atoms with E-state index in [0.717, 1.165) is 17.7 Å². The maximum atomic E-state index is 12.0. The Kier molecular flexibility index (Phi) is 5.18. The average molecular weight is 289 g/mol. The van der Waals surface area contributed by atoms with E-state index in [-0.39, 0.29) is 11.9 Å². The number of thiophene rings is 1. The SMILES string of the molecule is COc1cccc(CC(=O)N[C@H](C)Cc2cccs2)c1. The van der Waals surface area contributed by atoms with Gasteiger partial charge >= 0.3 is 0 Å². The molecule has 3 nitrogen and oxygen atoms in total. The molecule has 1 amide bonds. The second-order valence-corrected chi connectivity index (χ2v) is 5.81. The summed E-state index contributed by atoms with van der Waals surface area (Å²) in [6.45, 7) is 2.03. The van der Waals surface area contributed by atoms with E-state index in [4.69, 9.17) is 4.74 Å². The molecule has 106 valence electrons. The summed E-state index contributed by atoms with van der Waals surface area (Å²) in [5.74, 6) is 0.823. The van der Waals surface area contributed by atoms with E-state index < -0.39 is 0 Å². The molecule has 2 aromatic rings. The number of hydrogen-bond acceptors (Lipinski definition) is 3. The van der Waals surface area contributed by atoms with E-state index in [2.05, 4.69) is 16.8 Å². The molecule has 0 unspecified atom stereocenters. The molecule has 1 heterocycles. The number of hydrogen-bond donors (Lipinski definition) is 1. The third kappa shape index (κ3) is 4.38. The van der Waals surface area contributed by atoms with Crippen LogP contribution in [0, 0.1) is 0 Å². The molecule has 0 aliphatic heterocycles. The molecule has 0 aliphatic rings. The molecule has 0 saturated heterocycles. The topological polar surface area (TPSA) is 38.3 Å². The summed E-state index contributed by atoms with van der Waals surface area (Å²) in [6, 6.07) is 11.9. The minimum atomic E-state index is 0.0438. The lowest BCUT2D eigenvalue weighted by Crippen LogP contribution is -2.34. The maximum Gasteiger partial charge on any atom is 0.224 e. The zero-order valence-corrected chi connectivity index (χ0v) is 12.6. The summed E-state index contributed by atoms with van der Waals surface area (Å²) < 4.78 is 5.16. The Morgan fingerprint density at radius 2 is 2.20 bits per heavy atom.